The number of fused-ring (bicyclic) bond motifs is 3. The minimum absolute atomic E-state index is 0.300. The highest BCUT2D eigenvalue weighted by Crippen LogP contribution is 2.29. The molecule has 0 fully saturated rings. The molecule has 0 saturated carbocycles. The van der Waals surface area contributed by atoms with Crippen LogP contribution in [0.3, 0.4) is 0 Å². The van der Waals surface area contributed by atoms with Crippen LogP contribution >= 0.6 is 0 Å². The molecule has 2 aromatic heterocycles. The van der Waals surface area contributed by atoms with Crippen molar-refractivity contribution in [3.8, 4) is 0 Å². The topological polar surface area (TPSA) is 77.8 Å². The highest BCUT2D eigenvalue weighted by Gasteiger charge is 2.10. The van der Waals surface area contributed by atoms with Gasteiger partial charge in [0.05, 0.1) is 0 Å². The van der Waals surface area contributed by atoms with Crippen LogP contribution in [0.2, 0.25) is 0 Å². The van der Waals surface area contributed by atoms with Gasteiger partial charge in [-0.15, -0.1) is 0 Å². The number of aromatic amines is 2. The molecule has 0 saturated heterocycles. The molecule has 5 heteroatoms. The first-order valence-electron chi connectivity index (χ1n) is 8.19. The SMILES string of the molecule is CCc1cccc2c1[nH]c1cc(NC(=O)c3cc[nH]c(=O)c3)ccc12. The maximum atomic E-state index is 12.3. The first kappa shape index (κ1) is 15.2. The van der Waals surface area contributed by atoms with Gasteiger partial charge >= 0.3 is 0 Å². The van der Waals surface area contributed by atoms with Crippen LogP contribution in [0, 0.1) is 0 Å². The number of aryl methyl sites for hydroxylation is 1. The third-order valence-electron chi connectivity index (χ3n) is 4.40. The molecule has 0 spiro atoms. The van der Waals surface area contributed by atoms with E-state index in [-0.39, 0.29) is 11.5 Å². The summed E-state index contributed by atoms with van der Waals surface area (Å²) in [4.78, 5) is 29.6. The smallest absolute Gasteiger partial charge is 0.255 e. The third kappa shape index (κ3) is 2.70. The van der Waals surface area contributed by atoms with Crippen molar-refractivity contribution in [2.45, 2.75) is 13.3 Å². The van der Waals surface area contributed by atoms with Gasteiger partial charge in [0.2, 0.25) is 5.56 Å². The van der Waals surface area contributed by atoms with Gasteiger partial charge in [0.25, 0.3) is 5.91 Å². The van der Waals surface area contributed by atoms with Crippen molar-refractivity contribution in [1.82, 2.24) is 9.97 Å². The average Bonchev–Trinajstić information content (AvgIpc) is 2.99. The lowest BCUT2D eigenvalue weighted by Gasteiger charge is -2.05. The fourth-order valence-electron chi connectivity index (χ4n) is 3.15. The van der Waals surface area contributed by atoms with Crippen molar-refractivity contribution in [3.63, 3.8) is 0 Å². The van der Waals surface area contributed by atoms with Gasteiger partial charge in [-0.25, -0.2) is 0 Å². The molecule has 2 heterocycles. The Bertz CT molecular complexity index is 1150. The summed E-state index contributed by atoms with van der Waals surface area (Å²) in [7, 11) is 0. The second-order valence-corrected chi connectivity index (χ2v) is 5.97. The molecule has 0 aliphatic rings. The summed E-state index contributed by atoms with van der Waals surface area (Å²) in [5.41, 5.74) is 4.09. The number of rotatable bonds is 3. The van der Waals surface area contributed by atoms with Gasteiger partial charge < -0.3 is 15.3 Å². The normalized spacial score (nSPS) is 11.1. The van der Waals surface area contributed by atoms with Crippen LogP contribution in [0.15, 0.2) is 59.5 Å². The Morgan fingerprint density at radius 3 is 2.76 bits per heavy atom. The molecular formula is C20H17N3O2. The minimum Gasteiger partial charge on any atom is -0.354 e. The minimum atomic E-state index is -0.309. The van der Waals surface area contributed by atoms with E-state index in [0.717, 1.165) is 22.8 Å². The third-order valence-corrected chi connectivity index (χ3v) is 4.40. The summed E-state index contributed by atoms with van der Waals surface area (Å²) < 4.78 is 0. The Morgan fingerprint density at radius 1 is 1.08 bits per heavy atom. The maximum absolute atomic E-state index is 12.3. The van der Waals surface area contributed by atoms with Gasteiger partial charge in [-0.3, -0.25) is 9.59 Å². The van der Waals surface area contributed by atoms with Crippen molar-refractivity contribution >= 4 is 33.4 Å². The zero-order chi connectivity index (χ0) is 17.4. The highest BCUT2D eigenvalue weighted by atomic mass is 16.2. The molecule has 0 bridgehead atoms. The first-order chi connectivity index (χ1) is 12.2. The lowest BCUT2D eigenvalue weighted by molar-refractivity contribution is 0.102. The van der Waals surface area contributed by atoms with Gasteiger partial charge in [0.15, 0.2) is 0 Å². The van der Waals surface area contributed by atoms with Crippen LogP contribution in [0.5, 0.6) is 0 Å². The van der Waals surface area contributed by atoms with Gasteiger partial charge in [0, 0.05) is 45.3 Å². The number of carbonyl (C=O) groups excluding carboxylic acids is 1. The number of amides is 1. The summed E-state index contributed by atoms with van der Waals surface area (Å²) in [6.07, 6.45) is 2.42. The first-order valence-corrected chi connectivity index (χ1v) is 8.19. The molecule has 4 rings (SSSR count). The Balaban J connectivity index is 1.73. The summed E-state index contributed by atoms with van der Waals surface area (Å²) in [5.74, 6) is -0.309. The molecule has 0 aliphatic heterocycles. The summed E-state index contributed by atoms with van der Waals surface area (Å²) in [6, 6.07) is 14.9. The van der Waals surface area contributed by atoms with Gasteiger partial charge in [-0.05, 0) is 30.2 Å². The van der Waals surface area contributed by atoms with E-state index in [2.05, 4.69) is 40.4 Å². The van der Waals surface area contributed by atoms with Crippen molar-refractivity contribution in [2.75, 3.05) is 5.32 Å². The molecule has 25 heavy (non-hydrogen) atoms. The number of hydrogen-bond acceptors (Lipinski definition) is 2. The second kappa shape index (κ2) is 5.94. The largest absolute Gasteiger partial charge is 0.354 e. The molecule has 0 radical (unpaired) electrons. The lowest BCUT2D eigenvalue weighted by atomic mass is 10.1. The number of carbonyl (C=O) groups is 1. The maximum Gasteiger partial charge on any atom is 0.255 e. The zero-order valence-electron chi connectivity index (χ0n) is 13.7. The van der Waals surface area contributed by atoms with E-state index in [1.165, 1.54) is 23.2 Å². The molecule has 0 atom stereocenters. The van der Waals surface area contributed by atoms with Crippen LogP contribution in [0.4, 0.5) is 5.69 Å². The Morgan fingerprint density at radius 2 is 1.96 bits per heavy atom. The fourth-order valence-corrected chi connectivity index (χ4v) is 3.15. The van der Waals surface area contributed by atoms with E-state index in [4.69, 9.17) is 0 Å². The van der Waals surface area contributed by atoms with Crippen molar-refractivity contribution in [1.29, 1.82) is 0 Å². The van der Waals surface area contributed by atoms with E-state index in [0.29, 0.717) is 11.3 Å². The number of H-pyrrole nitrogens is 2. The molecule has 4 aromatic rings. The molecule has 3 N–H and O–H groups in total. The molecule has 0 unspecified atom stereocenters. The average molecular weight is 331 g/mol. The van der Waals surface area contributed by atoms with Crippen LogP contribution in [0.1, 0.15) is 22.8 Å². The monoisotopic (exact) mass is 331 g/mol. The van der Waals surface area contributed by atoms with Crippen molar-refractivity contribution < 1.29 is 4.79 Å². The van der Waals surface area contributed by atoms with Crippen LogP contribution in [-0.4, -0.2) is 15.9 Å². The number of aromatic nitrogens is 2. The number of anilines is 1. The predicted molar refractivity (Wildman–Crippen MR) is 100 cm³/mol. The predicted octanol–water partition coefficient (Wildman–Crippen LogP) is 3.82. The molecular weight excluding hydrogens is 314 g/mol. The van der Waals surface area contributed by atoms with E-state index in [1.54, 1.807) is 6.07 Å². The van der Waals surface area contributed by atoms with Gasteiger partial charge in [0.1, 0.15) is 0 Å². The Labute approximate surface area is 143 Å². The molecule has 2 aromatic carbocycles. The van der Waals surface area contributed by atoms with Crippen LogP contribution in [-0.2, 0) is 6.42 Å². The second-order valence-electron chi connectivity index (χ2n) is 5.97. The number of benzene rings is 2. The quantitative estimate of drug-likeness (QED) is 0.533. The summed E-state index contributed by atoms with van der Waals surface area (Å²) >= 11 is 0. The Hall–Kier alpha value is -3.34. The van der Waals surface area contributed by atoms with Gasteiger partial charge in [-0.1, -0.05) is 31.2 Å². The lowest BCUT2D eigenvalue weighted by Crippen LogP contribution is -2.15. The Kier molecular flexibility index (Phi) is 3.61. The van der Waals surface area contributed by atoms with Gasteiger partial charge in [-0.2, -0.15) is 0 Å². The zero-order valence-corrected chi connectivity index (χ0v) is 13.7. The number of para-hydroxylation sites is 1. The van der Waals surface area contributed by atoms with Crippen LogP contribution < -0.4 is 10.9 Å². The molecule has 1 amide bonds. The van der Waals surface area contributed by atoms with E-state index in [1.807, 2.05) is 18.2 Å². The molecule has 5 nitrogen and oxygen atoms in total. The number of hydrogen-bond donors (Lipinski definition) is 3. The van der Waals surface area contributed by atoms with Crippen LogP contribution in [0.25, 0.3) is 21.8 Å². The van der Waals surface area contributed by atoms with Crippen molar-refractivity contribution in [3.05, 3.63) is 76.2 Å². The fraction of sp³-hybridized carbons (Fsp3) is 0.100. The molecule has 124 valence electrons. The number of nitrogens with one attached hydrogen (secondary N) is 3. The molecule has 0 aliphatic carbocycles. The highest BCUT2D eigenvalue weighted by molar-refractivity contribution is 6.10. The van der Waals surface area contributed by atoms with Crippen molar-refractivity contribution in [2.24, 2.45) is 0 Å². The summed E-state index contributed by atoms with van der Waals surface area (Å²) in [5, 5.41) is 5.15. The standard InChI is InChI=1S/C20H17N3O2/c1-2-12-4-3-5-16-15-7-6-14(11-17(15)23-19(12)16)22-20(25)13-8-9-21-18(24)10-13/h3-11,23H,2H2,1H3,(H,21,24)(H,22,25). The van der Waals surface area contributed by atoms with E-state index >= 15 is 0 Å². The van der Waals surface area contributed by atoms with E-state index in [9.17, 15) is 9.59 Å². The van der Waals surface area contributed by atoms with E-state index < -0.39 is 0 Å². The summed E-state index contributed by atoms with van der Waals surface area (Å²) in [6.45, 7) is 2.13. The number of pyridine rings is 1.